The topological polar surface area (TPSA) is 82.6 Å². The summed E-state index contributed by atoms with van der Waals surface area (Å²) in [5, 5.41) is 8.86. The molecule has 0 unspecified atom stereocenters. The number of aliphatic hydroxyl groups is 1. The van der Waals surface area contributed by atoms with E-state index in [2.05, 4.69) is 0 Å². The third-order valence-corrected chi connectivity index (χ3v) is 3.95. The van der Waals surface area contributed by atoms with E-state index in [9.17, 15) is 9.59 Å². The van der Waals surface area contributed by atoms with Crippen LogP contribution in [0.1, 0.15) is 0 Å². The summed E-state index contributed by atoms with van der Waals surface area (Å²) in [7, 11) is 1.61. The second kappa shape index (κ2) is 6.33. The first kappa shape index (κ1) is 15.4. The van der Waals surface area contributed by atoms with Gasteiger partial charge >= 0.3 is 6.03 Å². The fourth-order valence-corrected chi connectivity index (χ4v) is 2.58. The minimum Gasteiger partial charge on any atom is -0.454 e. The van der Waals surface area contributed by atoms with Crippen LogP contribution in [0.4, 0.5) is 10.5 Å². The van der Waals surface area contributed by atoms with E-state index in [-0.39, 0.29) is 38.4 Å². The summed E-state index contributed by atoms with van der Waals surface area (Å²) < 4.78 is 10.6. The van der Waals surface area contributed by atoms with Crippen LogP contribution >= 0.6 is 0 Å². The van der Waals surface area contributed by atoms with Gasteiger partial charge < -0.3 is 24.4 Å². The van der Waals surface area contributed by atoms with Crippen molar-refractivity contribution in [2.75, 3.05) is 51.5 Å². The first-order chi connectivity index (χ1) is 11.1. The first-order valence-electron chi connectivity index (χ1n) is 7.41. The van der Waals surface area contributed by atoms with Crippen molar-refractivity contribution >= 4 is 17.6 Å². The second-order valence-corrected chi connectivity index (χ2v) is 5.43. The number of anilines is 1. The van der Waals surface area contributed by atoms with Gasteiger partial charge in [-0.1, -0.05) is 0 Å². The Morgan fingerprint density at radius 1 is 1.30 bits per heavy atom. The van der Waals surface area contributed by atoms with Crippen LogP contribution in [0.5, 0.6) is 11.5 Å². The van der Waals surface area contributed by atoms with Crippen LogP contribution < -0.4 is 14.4 Å². The number of rotatable bonds is 5. The lowest BCUT2D eigenvalue weighted by atomic mass is 10.2. The van der Waals surface area contributed by atoms with Gasteiger partial charge in [-0.3, -0.25) is 9.69 Å². The molecule has 0 spiro atoms. The number of amides is 3. The summed E-state index contributed by atoms with van der Waals surface area (Å²) in [6.07, 6.45) is 0. The smallest absolute Gasteiger partial charge is 0.325 e. The number of urea groups is 1. The highest BCUT2D eigenvalue weighted by Gasteiger charge is 2.32. The zero-order chi connectivity index (χ0) is 16.4. The van der Waals surface area contributed by atoms with Crippen LogP contribution in [-0.4, -0.2) is 73.5 Å². The van der Waals surface area contributed by atoms with Gasteiger partial charge in [0, 0.05) is 38.4 Å². The summed E-state index contributed by atoms with van der Waals surface area (Å²) in [5.74, 6) is 1.09. The van der Waals surface area contributed by atoms with E-state index in [0.29, 0.717) is 24.6 Å². The van der Waals surface area contributed by atoms with Gasteiger partial charge in [0.2, 0.25) is 12.7 Å². The van der Waals surface area contributed by atoms with Crippen molar-refractivity contribution in [2.24, 2.45) is 0 Å². The van der Waals surface area contributed by atoms with Crippen LogP contribution in [0.15, 0.2) is 18.2 Å². The van der Waals surface area contributed by atoms with E-state index in [4.69, 9.17) is 14.6 Å². The molecule has 0 aromatic heterocycles. The average molecular weight is 321 g/mol. The van der Waals surface area contributed by atoms with Crippen molar-refractivity contribution in [3.8, 4) is 11.5 Å². The van der Waals surface area contributed by atoms with Crippen LogP contribution in [0, 0.1) is 0 Å². The van der Waals surface area contributed by atoms with Crippen LogP contribution in [0.3, 0.4) is 0 Å². The molecule has 0 saturated carbocycles. The Labute approximate surface area is 133 Å². The summed E-state index contributed by atoms with van der Waals surface area (Å²) in [6, 6.07) is 5.13. The number of benzene rings is 1. The maximum Gasteiger partial charge on any atom is 0.325 e. The first-order valence-corrected chi connectivity index (χ1v) is 7.41. The number of fused-ring (bicyclic) bond motifs is 1. The Hall–Kier alpha value is -2.48. The van der Waals surface area contributed by atoms with Crippen molar-refractivity contribution in [3.05, 3.63) is 18.2 Å². The maximum atomic E-state index is 12.5. The lowest BCUT2D eigenvalue weighted by Crippen LogP contribution is -2.41. The van der Waals surface area contributed by atoms with E-state index in [0.717, 1.165) is 5.69 Å². The third kappa shape index (κ3) is 3.02. The molecule has 1 saturated heterocycles. The molecule has 2 aliphatic rings. The summed E-state index contributed by atoms with van der Waals surface area (Å²) in [4.78, 5) is 29.0. The molecule has 3 amide bonds. The van der Waals surface area contributed by atoms with Crippen molar-refractivity contribution in [2.45, 2.75) is 0 Å². The van der Waals surface area contributed by atoms with Gasteiger partial charge in [0.05, 0.1) is 6.61 Å². The van der Waals surface area contributed by atoms with Gasteiger partial charge in [-0.2, -0.15) is 0 Å². The van der Waals surface area contributed by atoms with Crippen LogP contribution in [-0.2, 0) is 4.79 Å². The van der Waals surface area contributed by atoms with Gasteiger partial charge in [-0.15, -0.1) is 0 Å². The molecule has 1 aromatic carbocycles. The highest BCUT2D eigenvalue weighted by molar-refractivity contribution is 5.96. The summed E-state index contributed by atoms with van der Waals surface area (Å²) >= 11 is 0. The molecule has 3 rings (SSSR count). The molecule has 0 atom stereocenters. The molecule has 2 heterocycles. The second-order valence-electron chi connectivity index (χ2n) is 5.43. The number of carbonyl (C=O) groups is 2. The third-order valence-electron chi connectivity index (χ3n) is 3.95. The minimum absolute atomic E-state index is 0.0103. The Morgan fingerprint density at radius 2 is 2.09 bits per heavy atom. The van der Waals surface area contributed by atoms with E-state index in [1.807, 2.05) is 0 Å². The molecule has 124 valence electrons. The summed E-state index contributed by atoms with van der Waals surface area (Å²) in [5.41, 5.74) is 0.720. The Morgan fingerprint density at radius 3 is 2.87 bits per heavy atom. The Kier molecular flexibility index (Phi) is 4.24. The van der Waals surface area contributed by atoms with E-state index in [1.165, 1.54) is 9.80 Å². The zero-order valence-corrected chi connectivity index (χ0v) is 12.9. The molecule has 1 aromatic rings. The number of ether oxygens (including phenoxy) is 2. The SMILES string of the molecule is CN(CCO)C(=O)CN1CCN(c2ccc3c(c2)OCO3)C1=O. The molecule has 0 radical (unpaired) electrons. The van der Waals surface area contributed by atoms with Crippen LogP contribution in [0.25, 0.3) is 0 Å². The predicted octanol–water partition coefficient (Wildman–Crippen LogP) is 0.108. The maximum absolute atomic E-state index is 12.5. The average Bonchev–Trinajstić information content (AvgIpc) is 3.14. The number of carbonyl (C=O) groups excluding carboxylic acids is 2. The van der Waals surface area contributed by atoms with Gasteiger partial charge in [-0.05, 0) is 12.1 Å². The monoisotopic (exact) mass is 321 g/mol. The van der Waals surface area contributed by atoms with Crippen molar-refractivity contribution < 1.29 is 24.2 Å². The quantitative estimate of drug-likeness (QED) is 0.832. The molecule has 23 heavy (non-hydrogen) atoms. The lowest BCUT2D eigenvalue weighted by molar-refractivity contribution is -0.130. The molecule has 8 nitrogen and oxygen atoms in total. The van der Waals surface area contributed by atoms with Crippen molar-refractivity contribution in [1.29, 1.82) is 0 Å². The molecule has 1 N–H and O–H groups in total. The normalized spacial score (nSPS) is 16.2. The molecule has 2 aliphatic heterocycles. The number of aliphatic hydroxyl groups excluding tert-OH is 1. The lowest BCUT2D eigenvalue weighted by Gasteiger charge is -2.21. The number of hydrogen-bond donors (Lipinski definition) is 1. The fraction of sp³-hybridized carbons (Fsp3) is 0.467. The van der Waals surface area contributed by atoms with Gasteiger partial charge in [-0.25, -0.2) is 4.79 Å². The predicted molar refractivity (Wildman–Crippen MR) is 81.6 cm³/mol. The van der Waals surface area contributed by atoms with E-state index >= 15 is 0 Å². The molecule has 0 bridgehead atoms. The Balaban J connectivity index is 1.66. The highest BCUT2D eigenvalue weighted by Crippen LogP contribution is 2.36. The molecule has 8 heteroatoms. The van der Waals surface area contributed by atoms with Gasteiger partial charge in [0.1, 0.15) is 6.54 Å². The fourth-order valence-electron chi connectivity index (χ4n) is 2.58. The minimum atomic E-state index is -0.213. The molecular weight excluding hydrogens is 302 g/mol. The zero-order valence-electron chi connectivity index (χ0n) is 12.9. The molecule has 0 aliphatic carbocycles. The standard InChI is InChI=1S/C15H19N3O5/c1-16(6-7-19)14(20)9-17-4-5-18(15(17)21)11-2-3-12-13(8-11)23-10-22-12/h2-3,8,19H,4-7,9-10H2,1H3. The number of nitrogens with zero attached hydrogens (tertiary/aromatic N) is 3. The van der Waals surface area contributed by atoms with Gasteiger partial charge in [0.25, 0.3) is 0 Å². The van der Waals surface area contributed by atoms with E-state index in [1.54, 1.807) is 30.1 Å². The van der Waals surface area contributed by atoms with E-state index < -0.39 is 0 Å². The van der Waals surface area contributed by atoms with Gasteiger partial charge in [0.15, 0.2) is 11.5 Å². The molecular formula is C15H19N3O5. The van der Waals surface area contributed by atoms with Crippen LogP contribution in [0.2, 0.25) is 0 Å². The summed E-state index contributed by atoms with van der Waals surface area (Å²) in [6.45, 7) is 1.34. The Bertz CT molecular complexity index is 621. The highest BCUT2D eigenvalue weighted by atomic mass is 16.7. The number of hydrogen-bond acceptors (Lipinski definition) is 5. The van der Waals surface area contributed by atoms with Crippen molar-refractivity contribution in [3.63, 3.8) is 0 Å². The largest absolute Gasteiger partial charge is 0.454 e. The number of likely N-dealkylation sites (N-methyl/N-ethyl adjacent to an activating group) is 1. The molecule has 1 fully saturated rings. The van der Waals surface area contributed by atoms with Crippen molar-refractivity contribution in [1.82, 2.24) is 9.80 Å².